The van der Waals surface area contributed by atoms with E-state index in [0.717, 1.165) is 50.7 Å². The molecule has 0 aliphatic heterocycles. The minimum atomic E-state index is -1.19. The lowest BCUT2D eigenvalue weighted by atomic mass is 9.46. The first-order valence-corrected chi connectivity index (χ1v) is 14.0. The fourth-order valence-corrected chi connectivity index (χ4v) is 8.31. The number of aliphatic hydroxyl groups is 1. The fraction of sp³-hybridized carbons (Fsp3) is 0.793. The number of carbonyl (C=O) groups excluding carboxylic acids is 2. The molecule has 0 radical (unpaired) electrons. The second kappa shape index (κ2) is 10.2. The van der Waals surface area contributed by atoms with Crippen molar-refractivity contribution >= 4 is 23.4 Å². The Bertz CT molecular complexity index is 1010. The maximum absolute atomic E-state index is 12.4. The van der Waals surface area contributed by atoms with Gasteiger partial charge in [-0.3, -0.25) is 9.59 Å². The smallest absolute Gasteiger partial charge is 0.326 e. The number of nitrogens with one attached hydrogen (secondary N) is 1. The number of aliphatic carboxylic acids is 1. The van der Waals surface area contributed by atoms with Crippen molar-refractivity contribution in [3.8, 4) is 0 Å². The molecule has 1 amide bonds. The molecule has 0 aromatic carbocycles. The number of hydrogen-bond acceptors (Lipinski definition) is 6. The van der Waals surface area contributed by atoms with Gasteiger partial charge in [0.05, 0.1) is 5.71 Å². The van der Waals surface area contributed by atoms with Crippen LogP contribution in [0, 0.1) is 34.5 Å². The van der Waals surface area contributed by atoms with E-state index in [9.17, 15) is 24.6 Å². The Morgan fingerprint density at radius 1 is 1.14 bits per heavy atom. The van der Waals surface area contributed by atoms with Crippen molar-refractivity contribution in [1.29, 1.82) is 0 Å². The van der Waals surface area contributed by atoms with E-state index in [1.807, 2.05) is 6.92 Å². The van der Waals surface area contributed by atoms with Gasteiger partial charge in [0.25, 0.3) is 5.91 Å². The topological polar surface area (TPSA) is 125 Å². The SMILES string of the molecule is CCC(C)C(NC(=O)CON=C1C=C2CC[C@@H]3[C@H](CC[C@@]4(C)[C@H]3CC[C@]4(O)C(C)=O)[C@@]2(C)CC1)C(=O)O. The van der Waals surface area contributed by atoms with Crippen LogP contribution in [0.3, 0.4) is 0 Å². The Kier molecular flexibility index (Phi) is 7.63. The van der Waals surface area contributed by atoms with Crippen LogP contribution in [0.15, 0.2) is 16.8 Å². The molecule has 8 atom stereocenters. The third-order valence-electron chi connectivity index (χ3n) is 10.9. The molecule has 0 aromatic heterocycles. The molecule has 4 rings (SSSR count). The summed E-state index contributed by atoms with van der Waals surface area (Å²) in [6.45, 7) is 9.44. The number of Topliss-reactive ketones (excluding diaryl/α,β-unsaturated/α-hetero) is 1. The van der Waals surface area contributed by atoms with Crippen LogP contribution < -0.4 is 5.32 Å². The summed E-state index contributed by atoms with van der Waals surface area (Å²) in [5, 5.41) is 27.5. The van der Waals surface area contributed by atoms with Crippen molar-refractivity contribution in [1.82, 2.24) is 5.32 Å². The van der Waals surface area contributed by atoms with Crippen LogP contribution in [0.5, 0.6) is 0 Å². The molecule has 3 N–H and O–H groups in total. The van der Waals surface area contributed by atoms with Gasteiger partial charge in [-0.2, -0.15) is 0 Å². The second-order valence-corrected chi connectivity index (χ2v) is 12.5. The Balaban J connectivity index is 1.41. The van der Waals surface area contributed by atoms with Crippen molar-refractivity contribution in [3.63, 3.8) is 0 Å². The van der Waals surface area contributed by atoms with Crippen molar-refractivity contribution in [2.24, 2.45) is 39.7 Å². The third-order valence-corrected chi connectivity index (χ3v) is 10.9. The minimum Gasteiger partial charge on any atom is -0.480 e. The maximum atomic E-state index is 12.4. The molecule has 0 aromatic rings. The molecule has 0 saturated heterocycles. The van der Waals surface area contributed by atoms with Crippen LogP contribution in [0.25, 0.3) is 0 Å². The van der Waals surface area contributed by atoms with Crippen LogP contribution in [0.1, 0.15) is 92.4 Å². The Labute approximate surface area is 220 Å². The molecule has 3 fully saturated rings. The van der Waals surface area contributed by atoms with E-state index in [-0.39, 0.29) is 29.1 Å². The molecule has 8 heteroatoms. The van der Waals surface area contributed by atoms with Gasteiger partial charge in [-0.05, 0) is 93.5 Å². The van der Waals surface area contributed by atoms with Gasteiger partial charge < -0.3 is 20.4 Å². The van der Waals surface area contributed by atoms with Gasteiger partial charge in [-0.1, -0.05) is 44.8 Å². The first kappa shape index (κ1) is 27.8. The maximum Gasteiger partial charge on any atom is 0.326 e. The lowest BCUT2D eigenvalue weighted by Crippen LogP contribution is -2.57. The fourth-order valence-electron chi connectivity index (χ4n) is 8.31. The molecule has 0 heterocycles. The summed E-state index contributed by atoms with van der Waals surface area (Å²) >= 11 is 0. The Morgan fingerprint density at radius 3 is 2.49 bits per heavy atom. The summed E-state index contributed by atoms with van der Waals surface area (Å²) in [5.74, 6) is -0.376. The molecule has 0 bridgehead atoms. The number of carboxylic acids is 1. The van der Waals surface area contributed by atoms with Crippen molar-refractivity contribution < 1.29 is 29.4 Å². The van der Waals surface area contributed by atoms with Crippen LogP contribution in [-0.4, -0.2) is 51.8 Å². The number of oxime groups is 1. The highest BCUT2D eigenvalue weighted by atomic mass is 16.6. The van der Waals surface area contributed by atoms with Gasteiger partial charge in [-0.25, -0.2) is 4.79 Å². The third kappa shape index (κ3) is 4.64. The predicted molar refractivity (Wildman–Crippen MR) is 140 cm³/mol. The first-order chi connectivity index (χ1) is 17.4. The molecular formula is C29H44N2O6. The number of carbonyl (C=O) groups is 3. The van der Waals surface area contributed by atoms with Crippen LogP contribution in [0.4, 0.5) is 0 Å². The van der Waals surface area contributed by atoms with Gasteiger partial charge in [-0.15, -0.1) is 0 Å². The van der Waals surface area contributed by atoms with Gasteiger partial charge in [0.15, 0.2) is 12.4 Å². The van der Waals surface area contributed by atoms with E-state index in [0.29, 0.717) is 30.6 Å². The second-order valence-electron chi connectivity index (χ2n) is 12.5. The van der Waals surface area contributed by atoms with Crippen molar-refractivity contribution in [3.05, 3.63) is 11.6 Å². The van der Waals surface area contributed by atoms with Crippen molar-refractivity contribution in [2.75, 3.05) is 6.61 Å². The zero-order valence-electron chi connectivity index (χ0n) is 23.0. The summed E-state index contributed by atoms with van der Waals surface area (Å²) in [6.07, 6.45) is 9.94. The summed E-state index contributed by atoms with van der Waals surface area (Å²) in [6, 6.07) is -0.940. The summed E-state index contributed by atoms with van der Waals surface area (Å²) in [4.78, 5) is 41.5. The summed E-state index contributed by atoms with van der Waals surface area (Å²) < 4.78 is 0. The number of rotatable bonds is 8. The van der Waals surface area contributed by atoms with E-state index in [2.05, 4.69) is 30.4 Å². The van der Waals surface area contributed by atoms with Gasteiger partial charge in [0, 0.05) is 5.41 Å². The lowest BCUT2D eigenvalue weighted by Gasteiger charge is -2.59. The highest BCUT2D eigenvalue weighted by Gasteiger charge is 2.65. The number of nitrogens with zero attached hydrogens (tertiary/aromatic N) is 1. The average molecular weight is 517 g/mol. The van der Waals surface area contributed by atoms with E-state index in [1.54, 1.807) is 13.8 Å². The normalized spacial score (nSPS) is 39.5. The molecule has 2 unspecified atom stereocenters. The van der Waals surface area contributed by atoms with Crippen LogP contribution in [0.2, 0.25) is 0 Å². The molecular weight excluding hydrogens is 472 g/mol. The summed E-state index contributed by atoms with van der Waals surface area (Å²) in [7, 11) is 0. The Hall–Kier alpha value is -2.22. The minimum absolute atomic E-state index is 0.0720. The standard InChI is InChI=1S/C29H44N2O6/c1-6-17(2)25(26(34)35)30-24(33)16-37-31-20-9-12-27(4)19(15-20)7-8-21-22(27)10-13-28(5)23(21)11-14-29(28,36)18(3)32/h15,17,21-23,25,36H,6-14,16H2,1-5H3,(H,30,33)(H,34,35)/t17?,21-,22+,23+,25?,27+,28+,29+/m1/s1. The zero-order chi connectivity index (χ0) is 27.2. The highest BCUT2D eigenvalue weighted by molar-refractivity contribution is 5.96. The first-order valence-electron chi connectivity index (χ1n) is 14.0. The van der Waals surface area contributed by atoms with E-state index >= 15 is 0 Å². The number of hydrogen-bond donors (Lipinski definition) is 3. The molecule has 8 nitrogen and oxygen atoms in total. The molecule has 3 saturated carbocycles. The van der Waals surface area contributed by atoms with Crippen LogP contribution in [-0.2, 0) is 19.2 Å². The number of amides is 1. The quantitative estimate of drug-likeness (QED) is 0.414. The lowest BCUT2D eigenvalue weighted by molar-refractivity contribution is -0.159. The van der Waals surface area contributed by atoms with Crippen molar-refractivity contribution in [2.45, 2.75) is 104 Å². The van der Waals surface area contributed by atoms with Gasteiger partial charge >= 0.3 is 5.97 Å². The predicted octanol–water partition coefficient (Wildman–Crippen LogP) is 4.26. The molecule has 0 spiro atoms. The van der Waals surface area contributed by atoms with Gasteiger partial charge in [0.1, 0.15) is 11.6 Å². The zero-order valence-corrected chi connectivity index (χ0v) is 23.0. The van der Waals surface area contributed by atoms with Gasteiger partial charge in [0.2, 0.25) is 0 Å². The van der Waals surface area contributed by atoms with Crippen LogP contribution >= 0.6 is 0 Å². The average Bonchev–Trinajstić information content (AvgIpc) is 3.14. The van der Waals surface area contributed by atoms with E-state index < -0.39 is 23.5 Å². The van der Waals surface area contributed by atoms with E-state index in [1.165, 1.54) is 5.57 Å². The highest BCUT2D eigenvalue weighted by Crippen LogP contribution is 2.67. The largest absolute Gasteiger partial charge is 0.480 e. The number of carboxylic acid groups (broad SMARTS) is 1. The Morgan fingerprint density at radius 2 is 1.84 bits per heavy atom. The summed E-state index contributed by atoms with van der Waals surface area (Å²) in [5.41, 5.74) is 0.764. The monoisotopic (exact) mass is 516 g/mol. The number of fused-ring (bicyclic) bond motifs is 5. The molecule has 206 valence electrons. The molecule has 4 aliphatic carbocycles. The molecule has 4 aliphatic rings. The van der Waals surface area contributed by atoms with E-state index in [4.69, 9.17) is 4.84 Å². The number of ketones is 1. The molecule has 37 heavy (non-hydrogen) atoms. The number of allylic oxidation sites excluding steroid dienone is 2.